The third-order valence-electron chi connectivity index (χ3n) is 19.5. The number of rotatable bonds is 8. The van der Waals surface area contributed by atoms with Crippen LogP contribution in [0.5, 0.6) is 0 Å². The molecule has 0 unspecified atom stereocenters. The minimum Gasteiger partial charge on any atom is -0.310 e. The predicted molar refractivity (Wildman–Crippen MR) is 393 cm³/mol. The van der Waals surface area contributed by atoms with Crippen LogP contribution in [0.4, 0.5) is 34.1 Å². The maximum absolute atomic E-state index is 9.82. The third-order valence-corrected chi connectivity index (χ3v) is 19.5. The summed E-state index contributed by atoms with van der Waals surface area (Å²) in [6, 6.07) is 106. The first-order chi connectivity index (χ1) is 46.1. The molecule has 92 heavy (non-hydrogen) atoms. The maximum Gasteiger partial charge on any atom is 0.252 e. The zero-order valence-corrected chi connectivity index (χ0v) is 52.6. The van der Waals surface area contributed by atoms with Gasteiger partial charge in [-0.25, -0.2) is 0 Å². The van der Waals surface area contributed by atoms with Crippen LogP contribution in [0.3, 0.4) is 0 Å². The number of aromatic nitrogens is 2. The molecule has 5 heteroatoms. The normalized spacial score (nSPS) is 13.5. The Bertz CT molecular complexity index is 5000. The molecule has 4 heterocycles. The smallest absolute Gasteiger partial charge is 0.252 e. The molecule has 2 aromatic heterocycles. The number of para-hydroxylation sites is 4. The molecule has 0 spiro atoms. The number of aryl methyl sites for hydroxylation is 1. The molecule has 0 N–H and O–H groups in total. The van der Waals surface area contributed by atoms with Gasteiger partial charge in [-0.2, -0.15) is 0 Å². The van der Waals surface area contributed by atoms with Gasteiger partial charge in [0.2, 0.25) is 0 Å². The Hall–Kier alpha value is -10.9. The molecule has 0 aliphatic carbocycles. The van der Waals surface area contributed by atoms with Gasteiger partial charge in [0.15, 0.2) is 0 Å². The van der Waals surface area contributed by atoms with Crippen molar-refractivity contribution in [2.75, 3.05) is 9.80 Å². The highest BCUT2D eigenvalue weighted by Crippen LogP contribution is 2.55. The van der Waals surface area contributed by atoms with E-state index < -0.39 is 13.6 Å². The maximum atomic E-state index is 9.82. The van der Waals surface area contributed by atoms with E-state index in [1.807, 2.05) is 12.1 Å². The lowest BCUT2D eigenvalue weighted by Gasteiger charge is -2.46. The van der Waals surface area contributed by atoms with Crippen LogP contribution < -0.4 is 26.2 Å². The van der Waals surface area contributed by atoms with Crippen LogP contribution in [0.25, 0.3) is 99.5 Å². The molecule has 0 radical (unpaired) electrons. The number of hydrogen-bond donors (Lipinski definition) is 0. The molecule has 2 aliphatic rings. The highest BCUT2D eigenvalue weighted by molar-refractivity contribution is 7.00. The van der Waals surface area contributed by atoms with Gasteiger partial charge in [0.25, 0.3) is 6.71 Å². The predicted octanol–water partition coefficient (Wildman–Crippen LogP) is 21.5. The van der Waals surface area contributed by atoms with E-state index in [9.17, 15) is 4.11 Å². The molecule has 0 fully saturated rings. The number of anilines is 6. The molecule has 0 bridgehead atoms. The van der Waals surface area contributed by atoms with Gasteiger partial charge in [-0.3, -0.25) is 0 Å². The van der Waals surface area contributed by atoms with E-state index in [1.165, 1.54) is 32.7 Å². The Morgan fingerprint density at radius 3 is 0.891 bits per heavy atom. The fourth-order valence-electron chi connectivity index (χ4n) is 15.1. The first-order valence-electron chi connectivity index (χ1n) is 33.7. The van der Waals surface area contributed by atoms with E-state index in [0.29, 0.717) is 0 Å². The summed E-state index contributed by atoms with van der Waals surface area (Å²) < 4.78 is 34.3. The molecule has 15 aromatic rings. The first kappa shape index (κ1) is 52.0. The zero-order valence-electron chi connectivity index (χ0n) is 55.6. The largest absolute Gasteiger partial charge is 0.310 e. The summed E-state index contributed by atoms with van der Waals surface area (Å²) in [4.78, 5) is 4.95. The Labute approximate surface area is 543 Å². The molecule has 4 nitrogen and oxygen atoms in total. The molecule has 0 amide bonds. The SMILES string of the molecule is [2H]C([2H])([2H])c1cc2c3c(c1)N(c1c(-c4ccccc4)cc(C(C)(C)C)cc1-c1ccccc1)c1cc(-n4c5ccccc5c5ccccc54)ccc1B3c1ccc(-n3c4ccccc4c4ccccc43)cc1N2c1c(-c2ccccc2)cc(C(C)(C)C)cc1-c1ccccc1. The highest BCUT2D eigenvalue weighted by Gasteiger charge is 2.46. The molecule has 17 rings (SSSR count). The van der Waals surface area contributed by atoms with Crippen LogP contribution in [-0.2, 0) is 10.8 Å². The fraction of sp³-hybridized carbons (Fsp3) is 0.103. The van der Waals surface area contributed by atoms with Gasteiger partial charge < -0.3 is 18.9 Å². The van der Waals surface area contributed by atoms with Crippen molar-refractivity contribution < 1.29 is 4.11 Å². The average molecular weight is 1180 g/mol. The minimum absolute atomic E-state index is 0.242. The van der Waals surface area contributed by atoms with E-state index in [1.54, 1.807) is 0 Å². The van der Waals surface area contributed by atoms with E-state index >= 15 is 0 Å². The van der Waals surface area contributed by atoms with Gasteiger partial charge in [-0.05, 0) is 158 Å². The topological polar surface area (TPSA) is 16.3 Å². The van der Waals surface area contributed by atoms with Crippen LogP contribution >= 0.6 is 0 Å². The Morgan fingerprint density at radius 1 is 0.304 bits per heavy atom. The van der Waals surface area contributed by atoms with E-state index in [0.717, 1.165) is 128 Å². The molecular formula is C87H69BN4. The molecule has 440 valence electrons. The second kappa shape index (κ2) is 21.1. The summed E-state index contributed by atoms with van der Waals surface area (Å²) in [7, 11) is 0. The average Bonchev–Trinajstić information content (AvgIpc) is 1.34. The van der Waals surface area contributed by atoms with Crippen molar-refractivity contribution in [1.29, 1.82) is 0 Å². The summed E-state index contributed by atoms with van der Waals surface area (Å²) in [5.74, 6) is 0. The van der Waals surface area contributed by atoms with Crippen molar-refractivity contribution in [3.8, 4) is 55.9 Å². The van der Waals surface area contributed by atoms with Gasteiger partial charge in [0.05, 0.1) is 33.4 Å². The second-order valence-electron chi connectivity index (χ2n) is 27.1. The number of fused-ring (bicyclic) bond motifs is 10. The zero-order chi connectivity index (χ0) is 64.6. The molecule has 2 aliphatic heterocycles. The molecular weight excluding hydrogens is 1110 g/mol. The number of hydrogen-bond acceptors (Lipinski definition) is 2. The second-order valence-corrected chi connectivity index (χ2v) is 27.1. The van der Waals surface area contributed by atoms with Crippen molar-refractivity contribution in [2.24, 2.45) is 0 Å². The molecule has 0 saturated carbocycles. The van der Waals surface area contributed by atoms with Crippen LogP contribution in [0, 0.1) is 6.85 Å². The first-order valence-corrected chi connectivity index (χ1v) is 32.2. The van der Waals surface area contributed by atoms with E-state index in [-0.39, 0.29) is 16.4 Å². The number of benzene rings is 13. The fourth-order valence-corrected chi connectivity index (χ4v) is 15.1. The molecule has 0 atom stereocenters. The number of nitrogens with zero attached hydrogens (tertiary/aromatic N) is 4. The quantitative estimate of drug-likeness (QED) is 0.141. The molecule has 13 aromatic carbocycles. The van der Waals surface area contributed by atoms with Crippen LogP contribution in [-0.4, -0.2) is 15.8 Å². The summed E-state index contributed by atoms with van der Waals surface area (Å²) >= 11 is 0. The van der Waals surface area contributed by atoms with Gasteiger partial charge in [-0.15, -0.1) is 0 Å². The summed E-state index contributed by atoms with van der Waals surface area (Å²) in [5, 5.41) is 4.69. The van der Waals surface area contributed by atoms with Crippen molar-refractivity contribution in [3.05, 3.63) is 308 Å². The summed E-state index contributed by atoms with van der Waals surface area (Å²) in [6.07, 6.45) is 0. The van der Waals surface area contributed by atoms with Crippen molar-refractivity contribution in [1.82, 2.24) is 9.13 Å². The van der Waals surface area contributed by atoms with Gasteiger partial charge in [-0.1, -0.05) is 248 Å². The van der Waals surface area contributed by atoms with Crippen molar-refractivity contribution >= 4 is 101 Å². The van der Waals surface area contributed by atoms with E-state index in [4.69, 9.17) is 0 Å². The Morgan fingerprint density at radius 2 is 0.598 bits per heavy atom. The highest BCUT2D eigenvalue weighted by atomic mass is 15.2. The van der Waals surface area contributed by atoms with Gasteiger partial charge in [0, 0.05) is 82.0 Å². The van der Waals surface area contributed by atoms with Crippen molar-refractivity contribution in [3.63, 3.8) is 0 Å². The Kier molecular flexibility index (Phi) is 11.9. The van der Waals surface area contributed by atoms with Crippen molar-refractivity contribution in [2.45, 2.75) is 59.2 Å². The standard InChI is InChI=1S/C87H69BN4/c1-56-48-81-83-82(49-56)92(85-71(59-32-16-10-17-33-59)52-62(87(5,6)7)53-72(85)60-34-18-11-19-35-60)80-55-64(90-77-42-26-22-38-67(77)68-39-23-27-43-78(68)90)45-47-74(80)88(83)73-46-44-63(89-75-40-24-20-36-65(75)66-37-21-25-41-76(66)89)54-79(73)91(81)84-69(57-28-12-8-13-29-57)50-61(86(2,3)4)51-70(84)58-30-14-9-15-31-58/h8-55H,1-7H3/i1D3. The lowest BCUT2D eigenvalue weighted by atomic mass is 9.33. The van der Waals surface area contributed by atoms with Crippen LogP contribution in [0.2, 0.25) is 0 Å². The van der Waals surface area contributed by atoms with E-state index in [2.05, 4.69) is 340 Å². The summed E-state index contributed by atoms with van der Waals surface area (Å²) in [5.41, 5.74) is 25.5. The molecule has 0 saturated heterocycles. The Balaban J connectivity index is 1.07. The minimum atomic E-state index is -2.56. The van der Waals surface area contributed by atoms with Crippen LogP contribution in [0.1, 0.15) is 62.3 Å². The summed E-state index contributed by atoms with van der Waals surface area (Å²) in [6.45, 7) is 10.8. The monoisotopic (exact) mass is 1180 g/mol. The van der Waals surface area contributed by atoms with Gasteiger partial charge in [0.1, 0.15) is 0 Å². The lowest BCUT2D eigenvalue weighted by Crippen LogP contribution is -2.61. The van der Waals surface area contributed by atoms with Gasteiger partial charge >= 0.3 is 0 Å². The third kappa shape index (κ3) is 8.74. The lowest BCUT2D eigenvalue weighted by molar-refractivity contribution is 0.590. The van der Waals surface area contributed by atoms with Crippen LogP contribution in [0.15, 0.2) is 291 Å².